The van der Waals surface area contributed by atoms with E-state index in [4.69, 9.17) is 4.74 Å². The first kappa shape index (κ1) is 14.4. The molecular weight excluding hydrogens is 262 g/mol. The molecule has 1 unspecified atom stereocenters. The molecule has 3 heterocycles. The molecule has 1 aliphatic rings. The Labute approximate surface area is 126 Å². The summed E-state index contributed by atoms with van der Waals surface area (Å²) in [6.07, 6.45) is 8.99. The Balaban J connectivity index is 1.83. The van der Waals surface area contributed by atoms with Crippen molar-refractivity contribution in [1.82, 2.24) is 14.3 Å². The summed E-state index contributed by atoms with van der Waals surface area (Å²) in [6, 6.07) is 5.27. The largest absolute Gasteiger partial charge is 0.497 e. The van der Waals surface area contributed by atoms with E-state index in [9.17, 15) is 0 Å². The summed E-state index contributed by atoms with van der Waals surface area (Å²) in [5.41, 5.74) is 1.11. The van der Waals surface area contributed by atoms with Crippen LogP contribution in [-0.4, -0.2) is 40.0 Å². The molecule has 114 valence electrons. The van der Waals surface area contributed by atoms with Crippen molar-refractivity contribution in [3.63, 3.8) is 0 Å². The second-order valence-electron chi connectivity index (χ2n) is 6.22. The molecule has 0 radical (unpaired) electrons. The van der Waals surface area contributed by atoms with Crippen molar-refractivity contribution in [2.75, 3.05) is 13.7 Å². The Morgan fingerprint density at radius 3 is 3.00 bits per heavy atom. The summed E-state index contributed by atoms with van der Waals surface area (Å²) in [4.78, 5) is 7.27. The van der Waals surface area contributed by atoms with E-state index in [0.29, 0.717) is 12.1 Å². The Hall–Kier alpha value is -1.55. The van der Waals surface area contributed by atoms with Gasteiger partial charge in [0.15, 0.2) is 0 Å². The standard InChI is InChI=1S/C17H25N3O/c1-13(2)19-8-5-4-6-14(19)11-17-18-12-15-10-16(21-3)7-9-20(15)17/h7,9-10,12-14H,4-6,8,11H2,1-3H3. The molecule has 0 amide bonds. The molecule has 0 aliphatic carbocycles. The molecule has 2 aromatic rings. The minimum atomic E-state index is 0.613. The molecule has 4 heteroatoms. The first-order valence-electron chi connectivity index (χ1n) is 7.95. The monoisotopic (exact) mass is 287 g/mol. The zero-order chi connectivity index (χ0) is 14.8. The predicted molar refractivity (Wildman–Crippen MR) is 84.9 cm³/mol. The molecule has 0 bridgehead atoms. The van der Waals surface area contributed by atoms with Crippen molar-refractivity contribution >= 4 is 5.52 Å². The fourth-order valence-electron chi connectivity index (χ4n) is 3.45. The van der Waals surface area contributed by atoms with Gasteiger partial charge in [-0.15, -0.1) is 0 Å². The number of rotatable bonds is 4. The van der Waals surface area contributed by atoms with Crippen molar-refractivity contribution in [2.45, 2.75) is 51.6 Å². The topological polar surface area (TPSA) is 29.8 Å². The third kappa shape index (κ3) is 2.91. The fourth-order valence-corrected chi connectivity index (χ4v) is 3.45. The van der Waals surface area contributed by atoms with Crippen LogP contribution in [0.3, 0.4) is 0 Å². The molecule has 1 saturated heterocycles. The van der Waals surface area contributed by atoms with Crippen molar-refractivity contribution in [2.24, 2.45) is 0 Å². The van der Waals surface area contributed by atoms with Crippen LogP contribution in [0.4, 0.5) is 0 Å². The van der Waals surface area contributed by atoms with E-state index in [1.165, 1.54) is 25.8 Å². The van der Waals surface area contributed by atoms with E-state index in [1.54, 1.807) is 7.11 Å². The average molecular weight is 287 g/mol. The number of methoxy groups -OCH3 is 1. The van der Waals surface area contributed by atoms with Crippen LogP contribution < -0.4 is 4.74 Å². The Morgan fingerprint density at radius 2 is 2.24 bits per heavy atom. The molecule has 1 fully saturated rings. The summed E-state index contributed by atoms with van der Waals surface area (Å²) < 4.78 is 7.47. The highest BCUT2D eigenvalue weighted by Gasteiger charge is 2.25. The molecule has 2 aromatic heterocycles. The molecular formula is C17H25N3O. The van der Waals surface area contributed by atoms with Gasteiger partial charge in [0.25, 0.3) is 0 Å². The van der Waals surface area contributed by atoms with Gasteiger partial charge in [-0.05, 0) is 39.3 Å². The van der Waals surface area contributed by atoms with Gasteiger partial charge in [0.05, 0.1) is 18.8 Å². The highest BCUT2D eigenvalue weighted by Crippen LogP contribution is 2.23. The third-order valence-electron chi connectivity index (χ3n) is 4.57. The Morgan fingerprint density at radius 1 is 1.38 bits per heavy atom. The Kier molecular flexibility index (Phi) is 4.15. The van der Waals surface area contributed by atoms with Gasteiger partial charge >= 0.3 is 0 Å². The minimum Gasteiger partial charge on any atom is -0.497 e. The van der Waals surface area contributed by atoms with Crippen LogP contribution in [-0.2, 0) is 6.42 Å². The minimum absolute atomic E-state index is 0.613. The van der Waals surface area contributed by atoms with Crippen LogP contribution in [0.2, 0.25) is 0 Å². The van der Waals surface area contributed by atoms with Crippen molar-refractivity contribution in [3.05, 3.63) is 30.4 Å². The van der Waals surface area contributed by atoms with Crippen molar-refractivity contribution in [1.29, 1.82) is 0 Å². The summed E-state index contributed by atoms with van der Waals surface area (Å²) in [6.45, 7) is 5.82. The molecule has 1 atom stereocenters. The molecule has 0 saturated carbocycles. The number of hydrogen-bond acceptors (Lipinski definition) is 3. The van der Waals surface area contributed by atoms with Gasteiger partial charge < -0.3 is 9.14 Å². The quantitative estimate of drug-likeness (QED) is 0.865. The van der Waals surface area contributed by atoms with Gasteiger partial charge in [-0.25, -0.2) is 4.98 Å². The summed E-state index contributed by atoms with van der Waals surface area (Å²) in [5.74, 6) is 2.04. The molecule has 3 rings (SSSR count). The van der Waals surface area contributed by atoms with E-state index >= 15 is 0 Å². The van der Waals surface area contributed by atoms with Gasteiger partial charge in [-0.1, -0.05) is 6.42 Å². The van der Waals surface area contributed by atoms with Gasteiger partial charge in [0, 0.05) is 30.8 Å². The highest BCUT2D eigenvalue weighted by atomic mass is 16.5. The summed E-state index contributed by atoms with van der Waals surface area (Å²) in [5, 5.41) is 0. The number of aromatic nitrogens is 2. The maximum atomic E-state index is 5.28. The number of pyridine rings is 1. The molecule has 1 aliphatic heterocycles. The van der Waals surface area contributed by atoms with E-state index < -0.39 is 0 Å². The smallest absolute Gasteiger partial charge is 0.122 e. The molecule has 0 spiro atoms. The number of nitrogens with zero attached hydrogens (tertiary/aromatic N) is 3. The van der Waals surface area contributed by atoms with Crippen LogP contribution >= 0.6 is 0 Å². The zero-order valence-corrected chi connectivity index (χ0v) is 13.2. The maximum Gasteiger partial charge on any atom is 0.122 e. The second kappa shape index (κ2) is 6.06. The van der Waals surface area contributed by atoms with Crippen LogP contribution in [0.5, 0.6) is 5.75 Å². The van der Waals surface area contributed by atoms with Gasteiger partial charge in [-0.2, -0.15) is 0 Å². The van der Waals surface area contributed by atoms with E-state index in [0.717, 1.165) is 23.5 Å². The van der Waals surface area contributed by atoms with Gasteiger partial charge in [0.1, 0.15) is 11.6 Å². The van der Waals surface area contributed by atoms with E-state index in [2.05, 4.69) is 34.3 Å². The van der Waals surface area contributed by atoms with Crippen LogP contribution in [0.1, 0.15) is 38.9 Å². The number of likely N-dealkylation sites (tertiary alicyclic amines) is 1. The lowest BCUT2D eigenvalue weighted by molar-refractivity contribution is 0.110. The Bertz CT molecular complexity index is 605. The molecule has 21 heavy (non-hydrogen) atoms. The van der Waals surface area contributed by atoms with Gasteiger partial charge in [0.2, 0.25) is 0 Å². The van der Waals surface area contributed by atoms with Crippen LogP contribution in [0.15, 0.2) is 24.5 Å². The number of ether oxygens (including phenoxy) is 1. The lowest BCUT2D eigenvalue weighted by Crippen LogP contribution is -2.45. The first-order valence-corrected chi connectivity index (χ1v) is 7.95. The zero-order valence-electron chi connectivity index (χ0n) is 13.2. The van der Waals surface area contributed by atoms with Crippen molar-refractivity contribution < 1.29 is 4.74 Å². The number of fused-ring (bicyclic) bond motifs is 1. The predicted octanol–water partition coefficient (Wildman–Crippen LogP) is 3.15. The number of piperidine rings is 1. The number of hydrogen-bond donors (Lipinski definition) is 0. The maximum absolute atomic E-state index is 5.28. The fraction of sp³-hybridized carbons (Fsp3) is 0.588. The lowest BCUT2D eigenvalue weighted by atomic mass is 9.97. The highest BCUT2D eigenvalue weighted by molar-refractivity contribution is 5.50. The second-order valence-corrected chi connectivity index (χ2v) is 6.22. The normalized spacial score (nSPS) is 20.3. The van der Waals surface area contributed by atoms with E-state index in [-0.39, 0.29) is 0 Å². The summed E-state index contributed by atoms with van der Waals surface area (Å²) in [7, 11) is 1.70. The van der Waals surface area contributed by atoms with Crippen LogP contribution in [0.25, 0.3) is 5.52 Å². The van der Waals surface area contributed by atoms with Gasteiger partial charge in [-0.3, -0.25) is 4.90 Å². The molecule has 4 nitrogen and oxygen atoms in total. The molecule has 0 N–H and O–H groups in total. The van der Waals surface area contributed by atoms with E-state index in [1.807, 2.05) is 18.3 Å². The third-order valence-corrected chi connectivity index (χ3v) is 4.57. The lowest BCUT2D eigenvalue weighted by Gasteiger charge is -2.38. The first-order chi connectivity index (χ1) is 10.2. The number of imidazole rings is 1. The van der Waals surface area contributed by atoms with Crippen molar-refractivity contribution in [3.8, 4) is 5.75 Å². The average Bonchev–Trinajstić information content (AvgIpc) is 2.90. The molecule has 0 aromatic carbocycles. The summed E-state index contributed by atoms with van der Waals surface area (Å²) >= 11 is 0. The van der Waals surface area contributed by atoms with Crippen LogP contribution in [0, 0.1) is 0 Å². The SMILES string of the molecule is COc1ccn2c(CC3CCCCN3C(C)C)ncc2c1.